The number of rotatable bonds is 5. The van der Waals surface area contributed by atoms with Crippen molar-refractivity contribution in [2.24, 2.45) is 0 Å². The molecule has 0 saturated heterocycles. The molecule has 0 unspecified atom stereocenters. The van der Waals surface area contributed by atoms with Gasteiger partial charge in [-0.1, -0.05) is 24.3 Å². The quantitative estimate of drug-likeness (QED) is 0.758. The van der Waals surface area contributed by atoms with Crippen LogP contribution in [-0.2, 0) is 0 Å². The highest BCUT2D eigenvalue weighted by Crippen LogP contribution is 2.38. The maximum atomic E-state index is 5.56. The molecule has 1 N–H and O–H groups in total. The number of benzene rings is 2. The zero-order valence-corrected chi connectivity index (χ0v) is 14.9. The molecule has 0 bridgehead atoms. The van der Waals surface area contributed by atoms with Crippen LogP contribution in [0.1, 0.15) is 36.6 Å². The number of methoxy groups -OCH3 is 1. The molecule has 1 aliphatic rings. The Kier molecular flexibility index (Phi) is 4.48. The Labute approximate surface area is 152 Å². The van der Waals surface area contributed by atoms with E-state index in [1.165, 1.54) is 11.1 Å². The Bertz CT molecular complexity index is 858. The number of nitrogens with one attached hydrogen (secondary N) is 1. The van der Waals surface area contributed by atoms with Gasteiger partial charge in [0.1, 0.15) is 17.8 Å². The third-order valence-corrected chi connectivity index (χ3v) is 4.72. The van der Waals surface area contributed by atoms with Crippen LogP contribution in [0.25, 0.3) is 0 Å². The Morgan fingerprint density at radius 1 is 1.04 bits per heavy atom. The molecular weight excluding hydrogens is 328 g/mol. The first-order valence-corrected chi connectivity index (χ1v) is 8.81. The van der Waals surface area contributed by atoms with Crippen molar-refractivity contribution in [2.75, 3.05) is 19.0 Å². The van der Waals surface area contributed by atoms with Gasteiger partial charge in [0.15, 0.2) is 0 Å². The van der Waals surface area contributed by atoms with E-state index in [4.69, 9.17) is 9.47 Å². The van der Waals surface area contributed by atoms with Crippen LogP contribution < -0.4 is 14.8 Å². The monoisotopic (exact) mass is 350 g/mol. The molecule has 1 aromatic heterocycles. The van der Waals surface area contributed by atoms with Gasteiger partial charge in [-0.05, 0) is 48.7 Å². The molecule has 1 aliphatic heterocycles. The second kappa shape index (κ2) is 7.07. The van der Waals surface area contributed by atoms with E-state index in [2.05, 4.69) is 39.7 Å². The van der Waals surface area contributed by atoms with Crippen LogP contribution in [-0.4, -0.2) is 28.5 Å². The van der Waals surface area contributed by atoms with Crippen molar-refractivity contribution in [3.8, 4) is 11.5 Å². The van der Waals surface area contributed by atoms with Crippen molar-refractivity contribution in [1.29, 1.82) is 0 Å². The first-order chi connectivity index (χ1) is 12.8. The van der Waals surface area contributed by atoms with E-state index in [0.29, 0.717) is 6.61 Å². The fourth-order valence-electron chi connectivity index (χ4n) is 3.41. The fourth-order valence-corrected chi connectivity index (χ4v) is 3.41. The van der Waals surface area contributed by atoms with Gasteiger partial charge in [-0.3, -0.25) is 0 Å². The average Bonchev–Trinajstić information content (AvgIpc) is 3.17. The molecule has 0 spiro atoms. The summed E-state index contributed by atoms with van der Waals surface area (Å²) in [5.74, 6) is 2.53. The van der Waals surface area contributed by atoms with E-state index in [9.17, 15) is 0 Å². The summed E-state index contributed by atoms with van der Waals surface area (Å²) in [6.45, 7) is 2.65. The van der Waals surface area contributed by atoms with Gasteiger partial charge in [-0.2, -0.15) is 10.1 Å². The second-order valence-electron chi connectivity index (χ2n) is 6.25. The Hall–Kier alpha value is -3.02. The van der Waals surface area contributed by atoms with E-state index in [1.54, 1.807) is 13.4 Å². The lowest BCUT2D eigenvalue weighted by atomic mass is 9.93. The van der Waals surface area contributed by atoms with Gasteiger partial charge >= 0.3 is 0 Å². The van der Waals surface area contributed by atoms with Crippen molar-refractivity contribution >= 4 is 5.95 Å². The summed E-state index contributed by atoms with van der Waals surface area (Å²) >= 11 is 0. The number of hydrogen-bond donors (Lipinski definition) is 1. The van der Waals surface area contributed by atoms with Gasteiger partial charge in [-0.25, -0.2) is 4.68 Å². The zero-order valence-electron chi connectivity index (χ0n) is 14.9. The highest BCUT2D eigenvalue weighted by molar-refractivity contribution is 5.40. The standard InChI is InChI=1S/C20H22N4O2/c1-3-26-17-10-6-15(7-11-17)19-12-18(23-20-21-13-22-24(19)20)14-4-8-16(25-2)9-5-14/h4-11,13,18-19H,3,12H2,1-2H3,(H,21,22,23)/t18-,19-/m0/s1. The van der Waals surface area contributed by atoms with E-state index < -0.39 is 0 Å². The van der Waals surface area contributed by atoms with Crippen molar-refractivity contribution < 1.29 is 9.47 Å². The first kappa shape index (κ1) is 16.4. The van der Waals surface area contributed by atoms with Crippen LogP contribution in [0.5, 0.6) is 11.5 Å². The molecule has 2 atom stereocenters. The van der Waals surface area contributed by atoms with Gasteiger partial charge in [0.2, 0.25) is 5.95 Å². The van der Waals surface area contributed by atoms with Crippen LogP contribution in [0.4, 0.5) is 5.95 Å². The van der Waals surface area contributed by atoms with E-state index in [-0.39, 0.29) is 12.1 Å². The normalized spacial score (nSPS) is 18.7. The third-order valence-electron chi connectivity index (χ3n) is 4.72. The Balaban J connectivity index is 1.63. The molecule has 0 amide bonds. The van der Waals surface area contributed by atoms with Crippen molar-refractivity contribution in [1.82, 2.24) is 14.8 Å². The lowest BCUT2D eigenvalue weighted by molar-refractivity contribution is 0.340. The molecular formula is C20H22N4O2. The number of anilines is 1. The summed E-state index contributed by atoms with van der Waals surface area (Å²) in [6.07, 6.45) is 2.48. The van der Waals surface area contributed by atoms with Gasteiger partial charge in [0.25, 0.3) is 0 Å². The predicted octanol–water partition coefficient (Wildman–Crippen LogP) is 3.83. The molecule has 6 nitrogen and oxygen atoms in total. The Morgan fingerprint density at radius 3 is 2.42 bits per heavy atom. The minimum atomic E-state index is 0.122. The van der Waals surface area contributed by atoms with Crippen molar-refractivity contribution in [3.05, 3.63) is 66.0 Å². The predicted molar refractivity (Wildman–Crippen MR) is 99.7 cm³/mol. The highest BCUT2D eigenvalue weighted by Gasteiger charge is 2.29. The second-order valence-corrected chi connectivity index (χ2v) is 6.25. The van der Waals surface area contributed by atoms with Gasteiger partial charge < -0.3 is 14.8 Å². The minimum Gasteiger partial charge on any atom is -0.497 e. The smallest absolute Gasteiger partial charge is 0.222 e. The molecule has 3 aromatic rings. The highest BCUT2D eigenvalue weighted by atomic mass is 16.5. The van der Waals surface area contributed by atoms with Crippen LogP contribution in [0.2, 0.25) is 0 Å². The first-order valence-electron chi connectivity index (χ1n) is 8.81. The van der Waals surface area contributed by atoms with E-state index >= 15 is 0 Å². The largest absolute Gasteiger partial charge is 0.497 e. The van der Waals surface area contributed by atoms with Crippen molar-refractivity contribution in [3.63, 3.8) is 0 Å². The van der Waals surface area contributed by atoms with E-state index in [0.717, 1.165) is 23.9 Å². The van der Waals surface area contributed by atoms with Gasteiger partial charge in [-0.15, -0.1) is 0 Å². The van der Waals surface area contributed by atoms with Gasteiger partial charge in [0.05, 0.1) is 25.8 Å². The minimum absolute atomic E-state index is 0.122. The number of nitrogens with zero attached hydrogens (tertiary/aromatic N) is 3. The molecule has 0 aliphatic carbocycles. The molecule has 0 fully saturated rings. The van der Waals surface area contributed by atoms with Crippen LogP contribution in [0.3, 0.4) is 0 Å². The third kappa shape index (κ3) is 3.10. The fraction of sp³-hybridized carbons (Fsp3) is 0.300. The summed E-state index contributed by atoms with van der Waals surface area (Å²) in [6, 6.07) is 16.7. The summed E-state index contributed by atoms with van der Waals surface area (Å²) in [4.78, 5) is 4.38. The van der Waals surface area contributed by atoms with Crippen molar-refractivity contribution in [2.45, 2.75) is 25.4 Å². The molecule has 0 saturated carbocycles. The molecule has 2 heterocycles. The SMILES string of the molecule is CCOc1ccc([C@@H]2C[C@@H](c3ccc(OC)cc3)Nc3ncnn32)cc1. The lowest BCUT2D eigenvalue weighted by Gasteiger charge is -2.32. The number of fused-ring (bicyclic) bond motifs is 1. The molecule has 6 heteroatoms. The number of aromatic nitrogens is 3. The molecule has 4 rings (SSSR count). The van der Waals surface area contributed by atoms with Crippen LogP contribution >= 0.6 is 0 Å². The van der Waals surface area contributed by atoms with E-state index in [1.807, 2.05) is 35.9 Å². The summed E-state index contributed by atoms with van der Waals surface area (Å²) in [5, 5.41) is 7.91. The summed E-state index contributed by atoms with van der Waals surface area (Å²) in [7, 11) is 1.68. The van der Waals surface area contributed by atoms with Crippen LogP contribution in [0, 0.1) is 0 Å². The Morgan fingerprint density at radius 2 is 1.73 bits per heavy atom. The molecule has 2 aromatic carbocycles. The maximum absolute atomic E-state index is 5.56. The maximum Gasteiger partial charge on any atom is 0.222 e. The molecule has 134 valence electrons. The lowest BCUT2D eigenvalue weighted by Crippen LogP contribution is -2.28. The number of ether oxygens (including phenoxy) is 2. The molecule has 26 heavy (non-hydrogen) atoms. The number of hydrogen-bond acceptors (Lipinski definition) is 5. The van der Waals surface area contributed by atoms with Gasteiger partial charge in [0, 0.05) is 0 Å². The summed E-state index contributed by atoms with van der Waals surface area (Å²) < 4.78 is 12.8. The zero-order chi connectivity index (χ0) is 17.9. The average molecular weight is 350 g/mol. The topological polar surface area (TPSA) is 61.2 Å². The molecule has 0 radical (unpaired) electrons. The van der Waals surface area contributed by atoms with Crippen LogP contribution in [0.15, 0.2) is 54.9 Å². The summed E-state index contributed by atoms with van der Waals surface area (Å²) in [5.41, 5.74) is 2.40.